The number of nitrogens with zero attached hydrogens (tertiary/aromatic N) is 1. The first-order valence-electron chi connectivity index (χ1n) is 6.54. The van der Waals surface area contributed by atoms with E-state index in [0.717, 1.165) is 18.8 Å². The Hall–Kier alpha value is -0.550. The van der Waals surface area contributed by atoms with Crippen LogP contribution in [-0.4, -0.2) is 53.3 Å². The van der Waals surface area contributed by atoms with Crippen molar-refractivity contribution in [3.63, 3.8) is 0 Å². The third-order valence-electron chi connectivity index (χ3n) is 3.11. The molecule has 1 heterocycles. The van der Waals surface area contributed by atoms with E-state index in [1.807, 2.05) is 25.6 Å². The van der Waals surface area contributed by atoms with Gasteiger partial charge in [0.1, 0.15) is 0 Å². The number of nitrogens with one attached hydrogen (secondary N) is 1. The van der Waals surface area contributed by atoms with Crippen molar-refractivity contribution < 1.29 is 9.59 Å². The minimum absolute atomic E-state index is 0.0286. The number of hydrogen-bond donors (Lipinski definition) is 1. The topological polar surface area (TPSA) is 49.4 Å². The highest BCUT2D eigenvalue weighted by Crippen LogP contribution is 2.17. The molecule has 2 unspecified atom stereocenters. The van der Waals surface area contributed by atoms with E-state index < -0.39 is 0 Å². The minimum atomic E-state index is -0.353. The third kappa shape index (κ3) is 4.98. The Kier molecular flexibility index (Phi) is 6.15. The van der Waals surface area contributed by atoms with Crippen LogP contribution < -0.4 is 5.32 Å². The Balaban J connectivity index is 2.42. The summed E-state index contributed by atoms with van der Waals surface area (Å²) in [5.41, 5.74) is 0. The number of ketones is 1. The second kappa shape index (κ2) is 7.14. The van der Waals surface area contributed by atoms with E-state index in [9.17, 15) is 9.59 Å². The number of carbonyl (C=O) groups is 2. The molecule has 2 atom stereocenters. The summed E-state index contributed by atoms with van der Waals surface area (Å²) in [7, 11) is 0. The second-order valence-corrected chi connectivity index (χ2v) is 6.86. The molecular weight excluding hydrogens is 248 g/mol. The third-order valence-corrected chi connectivity index (χ3v) is 4.25. The molecule has 104 valence electrons. The second-order valence-electron chi connectivity index (χ2n) is 5.32. The van der Waals surface area contributed by atoms with Gasteiger partial charge in [0.25, 0.3) is 0 Å². The van der Waals surface area contributed by atoms with E-state index in [0.29, 0.717) is 11.8 Å². The van der Waals surface area contributed by atoms with Crippen LogP contribution in [0.1, 0.15) is 27.7 Å². The SMILES string of the molecule is CC(=O)C(NC(=O)CN1CCSC(C)C1)C(C)C. The maximum Gasteiger partial charge on any atom is 0.234 e. The van der Waals surface area contributed by atoms with Crippen molar-refractivity contribution in [3.05, 3.63) is 0 Å². The predicted molar refractivity (Wildman–Crippen MR) is 75.8 cm³/mol. The maximum absolute atomic E-state index is 11.9. The summed E-state index contributed by atoms with van der Waals surface area (Å²) < 4.78 is 0. The van der Waals surface area contributed by atoms with Gasteiger partial charge in [-0.3, -0.25) is 14.5 Å². The molecule has 1 aliphatic rings. The Morgan fingerprint density at radius 2 is 2.11 bits per heavy atom. The zero-order valence-electron chi connectivity index (χ0n) is 11.7. The van der Waals surface area contributed by atoms with Gasteiger partial charge in [0, 0.05) is 24.1 Å². The molecule has 1 fully saturated rings. The van der Waals surface area contributed by atoms with E-state index >= 15 is 0 Å². The first kappa shape index (κ1) is 15.5. The van der Waals surface area contributed by atoms with Crippen LogP contribution in [0.2, 0.25) is 0 Å². The maximum atomic E-state index is 11.9. The molecule has 0 radical (unpaired) electrons. The molecular formula is C13H24N2O2S. The molecule has 1 amide bonds. The van der Waals surface area contributed by atoms with Gasteiger partial charge < -0.3 is 5.32 Å². The molecule has 1 saturated heterocycles. The number of hydrogen-bond acceptors (Lipinski definition) is 4. The molecule has 5 heteroatoms. The molecule has 0 saturated carbocycles. The number of thioether (sulfide) groups is 1. The fraction of sp³-hybridized carbons (Fsp3) is 0.846. The van der Waals surface area contributed by atoms with Crippen molar-refractivity contribution in [1.29, 1.82) is 0 Å². The Bertz CT molecular complexity index is 307. The molecule has 1 aliphatic heterocycles. The highest BCUT2D eigenvalue weighted by molar-refractivity contribution is 7.99. The molecule has 1 rings (SSSR count). The van der Waals surface area contributed by atoms with Crippen LogP contribution in [0.4, 0.5) is 0 Å². The van der Waals surface area contributed by atoms with Crippen molar-refractivity contribution in [3.8, 4) is 0 Å². The summed E-state index contributed by atoms with van der Waals surface area (Å²) in [6.07, 6.45) is 0. The van der Waals surface area contributed by atoms with Gasteiger partial charge in [-0.1, -0.05) is 20.8 Å². The average molecular weight is 272 g/mol. The van der Waals surface area contributed by atoms with Crippen molar-refractivity contribution in [1.82, 2.24) is 10.2 Å². The lowest BCUT2D eigenvalue weighted by molar-refractivity contribution is -0.128. The van der Waals surface area contributed by atoms with Crippen molar-refractivity contribution >= 4 is 23.5 Å². The standard InChI is InChI=1S/C13H24N2O2S/c1-9(2)13(11(4)16)14-12(17)8-15-5-6-18-10(3)7-15/h9-10,13H,5-8H2,1-4H3,(H,14,17). The number of Topliss-reactive ketones (excluding diaryl/α,β-unsaturated/α-hetero) is 1. The summed E-state index contributed by atoms with van der Waals surface area (Å²) in [4.78, 5) is 25.5. The average Bonchev–Trinajstić information content (AvgIpc) is 2.25. The number of amides is 1. The molecule has 4 nitrogen and oxygen atoms in total. The van der Waals surface area contributed by atoms with E-state index in [-0.39, 0.29) is 23.7 Å². The van der Waals surface area contributed by atoms with Crippen LogP contribution >= 0.6 is 11.8 Å². The van der Waals surface area contributed by atoms with Crippen molar-refractivity contribution in [2.75, 3.05) is 25.4 Å². The Labute approximate surface area is 114 Å². The monoisotopic (exact) mass is 272 g/mol. The quantitative estimate of drug-likeness (QED) is 0.816. The molecule has 0 spiro atoms. The van der Waals surface area contributed by atoms with Gasteiger partial charge in [-0.05, 0) is 12.8 Å². The summed E-state index contributed by atoms with van der Waals surface area (Å²) in [6.45, 7) is 9.92. The molecule has 0 aromatic heterocycles. The molecule has 0 aromatic carbocycles. The smallest absolute Gasteiger partial charge is 0.234 e. The predicted octanol–water partition coefficient (Wildman–Crippen LogP) is 1.15. The fourth-order valence-electron chi connectivity index (χ4n) is 2.19. The fourth-order valence-corrected chi connectivity index (χ4v) is 3.28. The molecule has 18 heavy (non-hydrogen) atoms. The largest absolute Gasteiger partial charge is 0.345 e. The zero-order valence-corrected chi connectivity index (χ0v) is 12.5. The van der Waals surface area contributed by atoms with E-state index in [1.165, 1.54) is 6.92 Å². The molecule has 0 aliphatic carbocycles. The lowest BCUT2D eigenvalue weighted by atomic mass is 10.0. The van der Waals surface area contributed by atoms with Crippen LogP contribution in [-0.2, 0) is 9.59 Å². The number of rotatable bonds is 5. The van der Waals surface area contributed by atoms with Gasteiger partial charge in [0.15, 0.2) is 5.78 Å². The summed E-state index contributed by atoms with van der Waals surface area (Å²) in [5.74, 6) is 1.21. The van der Waals surface area contributed by atoms with Gasteiger partial charge in [-0.2, -0.15) is 11.8 Å². The van der Waals surface area contributed by atoms with Crippen molar-refractivity contribution in [2.24, 2.45) is 5.92 Å². The van der Waals surface area contributed by atoms with Gasteiger partial charge >= 0.3 is 0 Å². The first-order chi connectivity index (χ1) is 8.40. The molecule has 0 aromatic rings. The zero-order chi connectivity index (χ0) is 13.7. The van der Waals surface area contributed by atoms with Crippen LogP contribution in [0.25, 0.3) is 0 Å². The van der Waals surface area contributed by atoms with Gasteiger partial charge in [0.05, 0.1) is 12.6 Å². The minimum Gasteiger partial charge on any atom is -0.345 e. The van der Waals surface area contributed by atoms with Gasteiger partial charge in [-0.25, -0.2) is 0 Å². The van der Waals surface area contributed by atoms with Crippen LogP contribution in [0, 0.1) is 5.92 Å². The lowest BCUT2D eigenvalue weighted by Gasteiger charge is -2.30. The summed E-state index contributed by atoms with van der Waals surface area (Å²) in [6, 6.07) is -0.353. The summed E-state index contributed by atoms with van der Waals surface area (Å²) in [5, 5.41) is 3.42. The first-order valence-corrected chi connectivity index (χ1v) is 7.58. The van der Waals surface area contributed by atoms with Crippen LogP contribution in [0.3, 0.4) is 0 Å². The lowest BCUT2D eigenvalue weighted by Crippen LogP contribution is -2.49. The van der Waals surface area contributed by atoms with E-state index in [1.54, 1.807) is 0 Å². The number of carbonyl (C=O) groups excluding carboxylic acids is 2. The van der Waals surface area contributed by atoms with Crippen LogP contribution in [0.15, 0.2) is 0 Å². The molecule has 1 N–H and O–H groups in total. The summed E-state index contributed by atoms with van der Waals surface area (Å²) >= 11 is 1.95. The van der Waals surface area contributed by atoms with Crippen LogP contribution in [0.5, 0.6) is 0 Å². The highest BCUT2D eigenvalue weighted by atomic mass is 32.2. The van der Waals surface area contributed by atoms with Gasteiger partial charge in [-0.15, -0.1) is 0 Å². The Morgan fingerprint density at radius 1 is 1.44 bits per heavy atom. The highest BCUT2D eigenvalue weighted by Gasteiger charge is 2.23. The normalized spacial score (nSPS) is 22.8. The van der Waals surface area contributed by atoms with Crippen molar-refractivity contribution in [2.45, 2.75) is 39.0 Å². The van der Waals surface area contributed by atoms with E-state index in [2.05, 4.69) is 17.1 Å². The Morgan fingerprint density at radius 3 is 2.61 bits per heavy atom. The van der Waals surface area contributed by atoms with E-state index in [4.69, 9.17) is 0 Å². The van der Waals surface area contributed by atoms with Gasteiger partial charge in [0.2, 0.25) is 5.91 Å². The molecule has 0 bridgehead atoms.